The lowest BCUT2D eigenvalue weighted by Crippen LogP contribution is -2.49. The minimum atomic E-state index is -0.918. The normalized spacial score (nSPS) is 24.0. The van der Waals surface area contributed by atoms with E-state index in [-0.39, 0.29) is 19.2 Å². The molecule has 0 bridgehead atoms. The summed E-state index contributed by atoms with van der Waals surface area (Å²) in [5.41, 5.74) is 2.07. The van der Waals surface area contributed by atoms with Crippen LogP contribution in [0, 0.1) is 5.92 Å². The van der Waals surface area contributed by atoms with E-state index in [9.17, 15) is 14.7 Å². The minimum Gasteiger partial charge on any atom is -0.481 e. The van der Waals surface area contributed by atoms with Crippen molar-refractivity contribution in [3.63, 3.8) is 0 Å². The monoisotopic (exact) mass is 290 g/mol. The van der Waals surface area contributed by atoms with E-state index in [1.807, 2.05) is 24.3 Å². The Hall–Kier alpha value is -2.08. The maximum absolute atomic E-state index is 12.7. The maximum atomic E-state index is 12.7. The van der Waals surface area contributed by atoms with Crippen LogP contribution in [-0.2, 0) is 16.0 Å². The third kappa shape index (κ3) is 2.35. The number of likely N-dealkylation sites (N-methyl/N-ethyl adjacent to an activating group) is 1. The summed E-state index contributed by atoms with van der Waals surface area (Å²) in [5, 5.41) is 9.21. The minimum absolute atomic E-state index is 0.161. The zero-order valence-corrected chi connectivity index (χ0v) is 11.9. The number of benzene rings is 1. The molecule has 3 rings (SSSR count). The van der Waals surface area contributed by atoms with E-state index in [4.69, 9.17) is 4.74 Å². The van der Waals surface area contributed by atoms with Crippen LogP contribution in [0.15, 0.2) is 24.3 Å². The van der Waals surface area contributed by atoms with Gasteiger partial charge in [-0.2, -0.15) is 0 Å². The molecule has 0 aliphatic carbocycles. The number of hydrogen-bond acceptors (Lipinski definition) is 3. The van der Waals surface area contributed by atoms with Crippen LogP contribution in [0.25, 0.3) is 0 Å². The van der Waals surface area contributed by atoms with Gasteiger partial charge in [0.2, 0.25) is 0 Å². The van der Waals surface area contributed by atoms with Crippen molar-refractivity contribution in [3.05, 3.63) is 29.8 Å². The standard InChI is InChI=1S/C15H18N2O4/c1-16(13-9-21-8-11(13)14(18)19)15(20)17-7-6-10-4-2-3-5-12(10)17/h2-5,11,13H,6-9H2,1H3,(H,18,19). The van der Waals surface area contributed by atoms with Gasteiger partial charge in [-0.05, 0) is 18.1 Å². The summed E-state index contributed by atoms with van der Waals surface area (Å²) in [5.74, 6) is -1.57. The average Bonchev–Trinajstić information content (AvgIpc) is 3.12. The first kappa shape index (κ1) is 13.9. The van der Waals surface area contributed by atoms with Crippen LogP contribution in [0.3, 0.4) is 0 Å². The molecule has 1 aromatic rings. The number of carbonyl (C=O) groups excluding carboxylic acids is 1. The molecule has 2 heterocycles. The first-order valence-electron chi connectivity index (χ1n) is 7.02. The predicted molar refractivity (Wildman–Crippen MR) is 76.4 cm³/mol. The molecule has 0 aromatic heterocycles. The Morgan fingerprint density at radius 3 is 2.86 bits per heavy atom. The van der Waals surface area contributed by atoms with Gasteiger partial charge in [0.15, 0.2) is 0 Å². The second kappa shape index (κ2) is 5.37. The van der Waals surface area contributed by atoms with Gasteiger partial charge < -0.3 is 14.7 Å². The number of nitrogens with zero attached hydrogens (tertiary/aromatic N) is 2. The highest BCUT2D eigenvalue weighted by molar-refractivity contribution is 5.94. The lowest BCUT2D eigenvalue weighted by molar-refractivity contribution is -0.142. The molecule has 0 radical (unpaired) electrons. The third-order valence-corrected chi connectivity index (χ3v) is 4.28. The first-order chi connectivity index (χ1) is 10.1. The molecule has 1 N–H and O–H groups in total. The van der Waals surface area contributed by atoms with Crippen molar-refractivity contribution < 1.29 is 19.4 Å². The molecule has 21 heavy (non-hydrogen) atoms. The molecular formula is C15H18N2O4. The van der Waals surface area contributed by atoms with Crippen LogP contribution in [0.1, 0.15) is 5.56 Å². The number of carbonyl (C=O) groups is 2. The van der Waals surface area contributed by atoms with E-state index in [2.05, 4.69) is 0 Å². The highest BCUT2D eigenvalue weighted by Crippen LogP contribution is 2.29. The Morgan fingerprint density at radius 2 is 2.10 bits per heavy atom. The van der Waals surface area contributed by atoms with Gasteiger partial charge in [0.1, 0.15) is 5.92 Å². The summed E-state index contributed by atoms with van der Waals surface area (Å²) >= 11 is 0. The number of anilines is 1. The van der Waals surface area contributed by atoms with E-state index in [0.29, 0.717) is 6.54 Å². The largest absolute Gasteiger partial charge is 0.481 e. The second-order valence-electron chi connectivity index (χ2n) is 5.47. The number of aliphatic carboxylic acids is 1. The number of para-hydroxylation sites is 1. The molecular weight excluding hydrogens is 272 g/mol. The van der Waals surface area contributed by atoms with Crippen LogP contribution >= 0.6 is 0 Å². The Morgan fingerprint density at radius 1 is 1.33 bits per heavy atom. The molecule has 0 spiro atoms. The summed E-state index contributed by atoms with van der Waals surface area (Å²) in [6.45, 7) is 1.07. The van der Waals surface area contributed by atoms with Crippen molar-refractivity contribution in [3.8, 4) is 0 Å². The fourth-order valence-corrected chi connectivity index (χ4v) is 3.03. The molecule has 1 fully saturated rings. The summed E-state index contributed by atoms with van der Waals surface area (Å²) in [6.07, 6.45) is 0.833. The van der Waals surface area contributed by atoms with Crippen molar-refractivity contribution >= 4 is 17.7 Å². The van der Waals surface area contributed by atoms with Crippen molar-refractivity contribution in [2.45, 2.75) is 12.5 Å². The highest BCUT2D eigenvalue weighted by atomic mass is 16.5. The Labute approximate surface area is 122 Å². The van der Waals surface area contributed by atoms with Gasteiger partial charge in [-0.25, -0.2) is 4.79 Å². The van der Waals surface area contributed by atoms with Crippen molar-refractivity contribution in [1.29, 1.82) is 0 Å². The van der Waals surface area contributed by atoms with Gasteiger partial charge >= 0.3 is 12.0 Å². The van der Waals surface area contributed by atoms with Crippen LogP contribution in [0.5, 0.6) is 0 Å². The van der Waals surface area contributed by atoms with Gasteiger partial charge in [-0.1, -0.05) is 18.2 Å². The number of urea groups is 1. The van der Waals surface area contributed by atoms with Gasteiger partial charge in [0.05, 0.1) is 19.3 Å². The number of fused-ring (bicyclic) bond motifs is 1. The third-order valence-electron chi connectivity index (χ3n) is 4.28. The Kier molecular flexibility index (Phi) is 3.55. The molecule has 2 atom stereocenters. The van der Waals surface area contributed by atoms with Gasteiger partial charge in [0, 0.05) is 19.3 Å². The van der Waals surface area contributed by atoms with Crippen molar-refractivity contribution in [2.24, 2.45) is 5.92 Å². The molecule has 112 valence electrons. The van der Waals surface area contributed by atoms with Crippen molar-refractivity contribution in [1.82, 2.24) is 4.90 Å². The highest BCUT2D eigenvalue weighted by Gasteiger charge is 2.40. The first-order valence-corrected chi connectivity index (χ1v) is 7.02. The van der Waals surface area contributed by atoms with Crippen LogP contribution in [0.2, 0.25) is 0 Å². The van der Waals surface area contributed by atoms with E-state index < -0.39 is 17.9 Å². The van der Waals surface area contributed by atoms with Gasteiger partial charge in [-0.15, -0.1) is 0 Å². The average molecular weight is 290 g/mol. The summed E-state index contributed by atoms with van der Waals surface area (Å²) < 4.78 is 5.24. The van der Waals surface area contributed by atoms with Crippen LogP contribution in [0.4, 0.5) is 10.5 Å². The van der Waals surface area contributed by atoms with Gasteiger partial charge in [-0.3, -0.25) is 9.69 Å². The Bertz CT molecular complexity index is 575. The number of ether oxygens (including phenoxy) is 1. The summed E-state index contributed by atoms with van der Waals surface area (Å²) in [7, 11) is 1.65. The molecule has 2 aliphatic heterocycles. The van der Waals surface area contributed by atoms with Crippen LogP contribution in [-0.4, -0.2) is 54.9 Å². The van der Waals surface area contributed by atoms with E-state index in [1.165, 1.54) is 4.90 Å². The van der Waals surface area contributed by atoms with Crippen molar-refractivity contribution in [2.75, 3.05) is 31.7 Å². The fraction of sp³-hybridized carbons (Fsp3) is 0.467. The fourth-order valence-electron chi connectivity index (χ4n) is 3.03. The molecule has 1 saturated heterocycles. The van der Waals surface area contributed by atoms with Crippen LogP contribution < -0.4 is 4.90 Å². The smallest absolute Gasteiger partial charge is 0.324 e. The van der Waals surface area contributed by atoms with E-state index in [0.717, 1.165) is 17.7 Å². The lowest BCUT2D eigenvalue weighted by atomic mass is 10.0. The maximum Gasteiger partial charge on any atom is 0.324 e. The Balaban J connectivity index is 1.78. The molecule has 1 aromatic carbocycles. The van der Waals surface area contributed by atoms with Gasteiger partial charge in [0.25, 0.3) is 0 Å². The molecule has 2 amide bonds. The number of carboxylic acid groups (broad SMARTS) is 1. The lowest BCUT2D eigenvalue weighted by Gasteiger charge is -2.30. The number of carboxylic acids is 1. The molecule has 6 heteroatoms. The van der Waals surface area contributed by atoms with E-state index >= 15 is 0 Å². The molecule has 0 saturated carbocycles. The summed E-state index contributed by atoms with van der Waals surface area (Å²) in [6, 6.07) is 7.23. The topological polar surface area (TPSA) is 70.1 Å². The molecule has 6 nitrogen and oxygen atoms in total. The van der Waals surface area contributed by atoms with E-state index in [1.54, 1.807) is 11.9 Å². The molecule has 2 unspecified atom stereocenters. The summed E-state index contributed by atoms with van der Waals surface area (Å²) in [4.78, 5) is 27.1. The number of amides is 2. The zero-order valence-electron chi connectivity index (χ0n) is 11.9. The number of hydrogen-bond donors (Lipinski definition) is 1. The predicted octanol–water partition coefficient (Wildman–Crippen LogP) is 1.20. The number of rotatable bonds is 2. The molecule has 2 aliphatic rings. The second-order valence-corrected chi connectivity index (χ2v) is 5.47. The SMILES string of the molecule is CN(C(=O)N1CCc2ccccc21)C1COCC1C(=O)O. The quantitative estimate of drug-likeness (QED) is 0.888. The zero-order chi connectivity index (χ0) is 15.0.